The van der Waals surface area contributed by atoms with Gasteiger partial charge in [0.15, 0.2) is 0 Å². The quantitative estimate of drug-likeness (QED) is 0.480. The van der Waals surface area contributed by atoms with E-state index in [9.17, 15) is 13.2 Å². The van der Waals surface area contributed by atoms with Crippen LogP contribution in [0.25, 0.3) is 0 Å². The summed E-state index contributed by atoms with van der Waals surface area (Å²) in [6.45, 7) is 2.31. The van der Waals surface area contributed by atoms with Crippen LogP contribution in [0.4, 0.5) is 4.79 Å². The van der Waals surface area contributed by atoms with E-state index in [0.717, 1.165) is 56.9 Å². The zero-order valence-electron chi connectivity index (χ0n) is 17.5. The van der Waals surface area contributed by atoms with Crippen molar-refractivity contribution in [3.05, 3.63) is 35.9 Å². The first-order chi connectivity index (χ1) is 14.0. The highest BCUT2D eigenvalue weighted by molar-refractivity contribution is 7.86. The van der Waals surface area contributed by atoms with Crippen LogP contribution < -0.4 is 5.32 Å². The molecule has 6 nitrogen and oxygen atoms in total. The molecule has 1 fully saturated rings. The van der Waals surface area contributed by atoms with Crippen LogP contribution in [0.3, 0.4) is 0 Å². The molecule has 0 aromatic heterocycles. The Balaban J connectivity index is 1.74. The maximum absolute atomic E-state index is 12.2. The number of carbonyl (C=O) groups is 1. The second-order valence-corrected chi connectivity index (χ2v) is 9.52. The van der Waals surface area contributed by atoms with E-state index in [0.29, 0.717) is 12.8 Å². The average molecular weight is 426 g/mol. The lowest BCUT2D eigenvalue weighted by Gasteiger charge is -2.22. The molecule has 2 rings (SSSR count). The van der Waals surface area contributed by atoms with Gasteiger partial charge in [-0.25, -0.2) is 4.79 Å². The second kappa shape index (κ2) is 12.9. The van der Waals surface area contributed by atoms with Crippen molar-refractivity contribution >= 4 is 16.2 Å². The lowest BCUT2D eigenvalue weighted by Crippen LogP contribution is -2.35. The largest absolute Gasteiger partial charge is 0.445 e. The Morgan fingerprint density at radius 2 is 1.79 bits per heavy atom. The summed E-state index contributed by atoms with van der Waals surface area (Å²) >= 11 is 0. The third-order valence-corrected chi connectivity index (χ3v) is 6.58. The summed E-state index contributed by atoms with van der Waals surface area (Å²) < 4.78 is 35.1. The van der Waals surface area contributed by atoms with Crippen molar-refractivity contribution in [2.24, 2.45) is 0 Å². The van der Waals surface area contributed by atoms with E-state index in [1.165, 1.54) is 0 Å². The Bertz CT molecular complexity index is 686. The Labute approximate surface area is 175 Å². The Morgan fingerprint density at radius 1 is 1.10 bits per heavy atom. The molecule has 1 aromatic carbocycles. The molecule has 1 saturated carbocycles. The monoisotopic (exact) mass is 425 g/mol. The van der Waals surface area contributed by atoms with Crippen molar-refractivity contribution in [1.82, 2.24) is 5.32 Å². The van der Waals surface area contributed by atoms with Crippen molar-refractivity contribution in [3.8, 4) is 0 Å². The second-order valence-electron chi connectivity index (χ2n) is 7.81. The third kappa shape index (κ3) is 10.1. The lowest BCUT2D eigenvalue weighted by atomic mass is 9.98. The smallest absolute Gasteiger partial charge is 0.407 e. The minimum atomic E-state index is -3.52. The zero-order chi connectivity index (χ0) is 21.0. The van der Waals surface area contributed by atoms with Gasteiger partial charge >= 0.3 is 6.09 Å². The van der Waals surface area contributed by atoms with Gasteiger partial charge in [-0.1, -0.05) is 69.4 Å². The highest BCUT2D eigenvalue weighted by Crippen LogP contribution is 2.22. The third-order valence-electron chi connectivity index (χ3n) is 5.22. The number of alkyl carbamates (subject to hydrolysis) is 1. The fourth-order valence-electron chi connectivity index (χ4n) is 3.59. The van der Waals surface area contributed by atoms with Crippen molar-refractivity contribution in [1.29, 1.82) is 0 Å². The Hall–Kier alpha value is -1.60. The molecule has 0 unspecified atom stereocenters. The van der Waals surface area contributed by atoms with Crippen LogP contribution >= 0.6 is 0 Å². The van der Waals surface area contributed by atoms with Gasteiger partial charge in [-0.2, -0.15) is 8.42 Å². The van der Waals surface area contributed by atoms with Crippen LogP contribution in [0.5, 0.6) is 0 Å². The van der Waals surface area contributed by atoms with E-state index >= 15 is 0 Å². The van der Waals surface area contributed by atoms with Crippen LogP contribution in [0, 0.1) is 0 Å². The van der Waals surface area contributed by atoms with Crippen LogP contribution in [-0.2, 0) is 25.6 Å². The summed E-state index contributed by atoms with van der Waals surface area (Å²) in [6, 6.07) is 9.42. The van der Waals surface area contributed by atoms with E-state index in [2.05, 4.69) is 12.2 Å². The minimum absolute atomic E-state index is 0.00708. The molecule has 164 valence electrons. The molecule has 1 atom stereocenters. The van der Waals surface area contributed by atoms with Crippen molar-refractivity contribution < 1.29 is 22.1 Å². The molecular formula is C22H35NO5S. The summed E-state index contributed by atoms with van der Waals surface area (Å²) in [5.74, 6) is -0.00708. The predicted octanol–water partition coefficient (Wildman–Crippen LogP) is 4.93. The topological polar surface area (TPSA) is 81.7 Å². The molecule has 29 heavy (non-hydrogen) atoms. The first kappa shape index (κ1) is 23.7. The summed E-state index contributed by atoms with van der Waals surface area (Å²) in [5, 5.41) is 2.89. The fraction of sp³-hybridized carbons (Fsp3) is 0.682. The molecule has 0 radical (unpaired) electrons. The predicted molar refractivity (Wildman–Crippen MR) is 114 cm³/mol. The van der Waals surface area contributed by atoms with Crippen LogP contribution in [0.1, 0.15) is 76.7 Å². The minimum Gasteiger partial charge on any atom is -0.445 e. The van der Waals surface area contributed by atoms with Crippen molar-refractivity contribution in [2.75, 3.05) is 5.75 Å². The van der Waals surface area contributed by atoms with Gasteiger partial charge in [-0.05, 0) is 37.7 Å². The SMILES string of the molecule is CCCC[C@H](CCCS(=O)(=O)OC1CCCCC1)NC(=O)OCc1ccccc1. The van der Waals surface area contributed by atoms with Crippen LogP contribution in [0.15, 0.2) is 30.3 Å². The lowest BCUT2D eigenvalue weighted by molar-refractivity contribution is 0.134. The average Bonchev–Trinajstić information content (AvgIpc) is 2.71. The molecule has 7 heteroatoms. The number of benzene rings is 1. The van der Waals surface area contributed by atoms with Crippen molar-refractivity contribution in [3.63, 3.8) is 0 Å². The molecule has 1 aromatic rings. The summed E-state index contributed by atoms with van der Waals surface area (Å²) in [4.78, 5) is 12.1. The van der Waals surface area contributed by atoms with E-state index in [1.807, 2.05) is 30.3 Å². The number of unbranched alkanes of at least 4 members (excludes halogenated alkanes) is 1. The van der Waals surface area contributed by atoms with Gasteiger partial charge in [0.1, 0.15) is 6.61 Å². The van der Waals surface area contributed by atoms with Crippen LogP contribution in [0.2, 0.25) is 0 Å². The standard InChI is InChI=1S/C22H35NO5S/c1-2-3-13-20(23-22(24)27-18-19-11-6-4-7-12-19)14-10-17-29(25,26)28-21-15-8-5-9-16-21/h4,6-7,11-12,20-21H,2-3,5,8-10,13-18H2,1H3,(H,23,24)/t20-/m1/s1. The number of nitrogens with one attached hydrogen (secondary N) is 1. The molecule has 0 heterocycles. The summed E-state index contributed by atoms with van der Waals surface area (Å²) in [5.41, 5.74) is 0.929. The van der Waals surface area contributed by atoms with E-state index < -0.39 is 16.2 Å². The number of carbonyl (C=O) groups excluding carboxylic acids is 1. The summed E-state index contributed by atoms with van der Waals surface area (Å²) in [7, 11) is -3.52. The van der Waals surface area contributed by atoms with Crippen molar-refractivity contribution in [2.45, 2.75) is 89.9 Å². The van der Waals surface area contributed by atoms with Gasteiger partial charge < -0.3 is 10.1 Å². The number of amides is 1. The van der Waals surface area contributed by atoms with Crippen LogP contribution in [-0.4, -0.2) is 32.4 Å². The van der Waals surface area contributed by atoms with E-state index in [4.69, 9.17) is 8.92 Å². The Morgan fingerprint density at radius 3 is 2.48 bits per heavy atom. The molecule has 0 aliphatic heterocycles. The van der Waals surface area contributed by atoms with Gasteiger partial charge in [0.05, 0.1) is 11.9 Å². The highest BCUT2D eigenvalue weighted by atomic mass is 32.2. The maximum atomic E-state index is 12.2. The molecule has 1 amide bonds. The van der Waals surface area contributed by atoms with Gasteiger partial charge in [-0.15, -0.1) is 0 Å². The molecule has 0 saturated heterocycles. The molecular weight excluding hydrogens is 390 g/mol. The number of hydrogen-bond acceptors (Lipinski definition) is 5. The zero-order valence-corrected chi connectivity index (χ0v) is 18.3. The van der Waals surface area contributed by atoms with Gasteiger partial charge in [0.2, 0.25) is 0 Å². The number of ether oxygens (including phenoxy) is 1. The highest BCUT2D eigenvalue weighted by Gasteiger charge is 2.22. The van der Waals surface area contributed by atoms with Gasteiger partial charge in [0.25, 0.3) is 10.1 Å². The molecule has 1 N–H and O–H groups in total. The first-order valence-corrected chi connectivity index (χ1v) is 12.4. The molecule has 0 spiro atoms. The number of hydrogen-bond donors (Lipinski definition) is 1. The Kier molecular flexibility index (Phi) is 10.5. The summed E-state index contributed by atoms with van der Waals surface area (Å²) in [6.07, 6.45) is 8.10. The number of rotatable bonds is 12. The normalized spacial score (nSPS) is 16.3. The van der Waals surface area contributed by atoms with Gasteiger partial charge in [-0.3, -0.25) is 4.18 Å². The van der Waals surface area contributed by atoms with Gasteiger partial charge in [0, 0.05) is 6.04 Å². The fourth-order valence-corrected chi connectivity index (χ4v) is 4.82. The van der Waals surface area contributed by atoms with E-state index in [-0.39, 0.29) is 24.5 Å². The first-order valence-electron chi connectivity index (χ1n) is 10.9. The molecule has 1 aliphatic carbocycles. The maximum Gasteiger partial charge on any atom is 0.407 e. The van der Waals surface area contributed by atoms with E-state index in [1.54, 1.807) is 0 Å². The molecule has 0 bridgehead atoms. The molecule has 1 aliphatic rings.